The maximum absolute atomic E-state index is 11.9. The summed E-state index contributed by atoms with van der Waals surface area (Å²) in [6.45, 7) is 0.677. The Labute approximate surface area is 131 Å². The van der Waals surface area contributed by atoms with Crippen LogP contribution in [0.2, 0.25) is 5.02 Å². The van der Waals surface area contributed by atoms with E-state index in [0.29, 0.717) is 11.6 Å². The van der Waals surface area contributed by atoms with E-state index >= 15 is 0 Å². The molecule has 1 aromatic rings. The monoisotopic (exact) mass is 307 g/mol. The molecule has 0 aromatic heterocycles. The van der Waals surface area contributed by atoms with Crippen LogP contribution in [0.5, 0.6) is 0 Å². The van der Waals surface area contributed by atoms with E-state index in [-0.39, 0.29) is 17.9 Å². The Morgan fingerprint density at radius 1 is 1.29 bits per heavy atom. The van der Waals surface area contributed by atoms with Gasteiger partial charge in [0.1, 0.15) is 0 Å². The number of amides is 1. The number of aliphatic hydroxyl groups is 1. The molecule has 0 bridgehead atoms. The van der Waals surface area contributed by atoms with E-state index in [9.17, 15) is 9.90 Å². The van der Waals surface area contributed by atoms with Gasteiger partial charge in [-0.25, -0.2) is 0 Å². The Bertz CT molecular complexity index is 507. The van der Waals surface area contributed by atoms with Crippen molar-refractivity contribution in [3.05, 3.63) is 40.9 Å². The van der Waals surface area contributed by atoms with Crippen molar-refractivity contribution >= 4 is 23.6 Å². The Morgan fingerprint density at radius 2 is 2.00 bits per heavy atom. The number of halogens is 1. The number of benzene rings is 1. The number of carbonyl (C=O) groups excluding carboxylic acids is 1. The van der Waals surface area contributed by atoms with Crippen LogP contribution in [0.1, 0.15) is 37.7 Å². The average molecular weight is 308 g/mol. The van der Waals surface area contributed by atoms with Crippen molar-refractivity contribution in [1.82, 2.24) is 5.32 Å². The van der Waals surface area contributed by atoms with Gasteiger partial charge in [0, 0.05) is 23.1 Å². The van der Waals surface area contributed by atoms with E-state index in [0.717, 1.165) is 31.2 Å². The molecule has 4 heteroatoms. The lowest BCUT2D eigenvalue weighted by atomic mass is 9.74. The van der Waals surface area contributed by atoms with Gasteiger partial charge in [-0.1, -0.05) is 49.1 Å². The Morgan fingerprint density at radius 3 is 2.67 bits per heavy atom. The number of hydrogen-bond donors (Lipinski definition) is 2. The zero-order valence-electron chi connectivity index (χ0n) is 12.1. The highest BCUT2D eigenvalue weighted by atomic mass is 35.5. The topological polar surface area (TPSA) is 49.3 Å². The van der Waals surface area contributed by atoms with Crippen LogP contribution < -0.4 is 5.32 Å². The third-order valence-electron chi connectivity index (χ3n) is 4.21. The summed E-state index contributed by atoms with van der Waals surface area (Å²) < 4.78 is 0. The lowest BCUT2D eigenvalue weighted by molar-refractivity contribution is -0.117. The highest BCUT2D eigenvalue weighted by Gasteiger charge is 2.31. The molecule has 114 valence electrons. The summed E-state index contributed by atoms with van der Waals surface area (Å²) in [6.07, 6.45) is 8.66. The van der Waals surface area contributed by atoms with Gasteiger partial charge in [-0.15, -0.1) is 0 Å². The van der Waals surface area contributed by atoms with Crippen molar-refractivity contribution in [3.8, 4) is 0 Å². The van der Waals surface area contributed by atoms with E-state index in [2.05, 4.69) is 5.32 Å². The Kier molecular flexibility index (Phi) is 5.83. The highest BCUT2D eigenvalue weighted by Crippen LogP contribution is 2.35. The molecule has 0 aliphatic heterocycles. The molecule has 1 aliphatic carbocycles. The fraction of sp³-hybridized carbons (Fsp3) is 0.471. The number of aliphatic hydroxyl groups excluding tert-OH is 1. The lowest BCUT2D eigenvalue weighted by Gasteiger charge is -2.35. The molecular weight excluding hydrogens is 286 g/mol. The van der Waals surface area contributed by atoms with Gasteiger partial charge in [0.2, 0.25) is 5.91 Å². The van der Waals surface area contributed by atoms with E-state index in [1.54, 1.807) is 12.1 Å². The molecule has 0 atom stereocenters. The number of nitrogens with one attached hydrogen (secondary N) is 1. The maximum atomic E-state index is 11.9. The summed E-state index contributed by atoms with van der Waals surface area (Å²) in [4.78, 5) is 11.9. The first-order valence-electron chi connectivity index (χ1n) is 7.47. The van der Waals surface area contributed by atoms with Crippen molar-refractivity contribution in [2.45, 2.75) is 32.1 Å². The van der Waals surface area contributed by atoms with Crippen LogP contribution in [0.25, 0.3) is 6.08 Å². The summed E-state index contributed by atoms with van der Waals surface area (Å²) in [7, 11) is 0. The lowest BCUT2D eigenvalue weighted by Crippen LogP contribution is -2.40. The number of rotatable bonds is 5. The van der Waals surface area contributed by atoms with Gasteiger partial charge in [0.25, 0.3) is 0 Å². The maximum Gasteiger partial charge on any atom is 0.244 e. The van der Waals surface area contributed by atoms with Crippen LogP contribution in [-0.2, 0) is 4.79 Å². The van der Waals surface area contributed by atoms with Gasteiger partial charge in [0.05, 0.1) is 6.61 Å². The van der Waals surface area contributed by atoms with E-state index in [4.69, 9.17) is 11.6 Å². The molecule has 21 heavy (non-hydrogen) atoms. The van der Waals surface area contributed by atoms with Gasteiger partial charge < -0.3 is 10.4 Å². The molecule has 3 nitrogen and oxygen atoms in total. The predicted octanol–water partition coefficient (Wildman–Crippen LogP) is 3.41. The second kappa shape index (κ2) is 7.62. The molecule has 2 N–H and O–H groups in total. The molecule has 0 radical (unpaired) electrons. The van der Waals surface area contributed by atoms with Crippen molar-refractivity contribution in [1.29, 1.82) is 0 Å². The smallest absolute Gasteiger partial charge is 0.244 e. The quantitative estimate of drug-likeness (QED) is 0.819. The second-order valence-corrected chi connectivity index (χ2v) is 6.20. The van der Waals surface area contributed by atoms with Crippen LogP contribution in [-0.4, -0.2) is 24.2 Å². The molecule has 0 unspecified atom stereocenters. The molecule has 1 amide bonds. The zero-order valence-corrected chi connectivity index (χ0v) is 12.9. The van der Waals surface area contributed by atoms with Crippen molar-refractivity contribution in [2.24, 2.45) is 5.41 Å². The summed E-state index contributed by atoms with van der Waals surface area (Å²) in [5.41, 5.74) is 0.690. The normalized spacial score (nSPS) is 17.8. The van der Waals surface area contributed by atoms with Crippen molar-refractivity contribution in [3.63, 3.8) is 0 Å². The first kappa shape index (κ1) is 16.1. The van der Waals surface area contributed by atoms with E-state index in [1.165, 1.54) is 12.5 Å². The third kappa shape index (κ3) is 4.58. The summed E-state index contributed by atoms with van der Waals surface area (Å²) in [5.74, 6) is -0.145. The third-order valence-corrected chi connectivity index (χ3v) is 4.55. The van der Waals surface area contributed by atoms with Crippen molar-refractivity contribution < 1.29 is 9.90 Å². The predicted molar refractivity (Wildman–Crippen MR) is 86.1 cm³/mol. The molecule has 0 saturated heterocycles. The van der Waals surface area contributed by atoms with Gasteiger partial charge in [-0.2, -0.15) is 0 Å². The van der Waals surface area contributed by atoms with Gasteiger partial charge in [-0.3, -0.25) is 4.79 Å². The minimum Gasteiger partial charge on any atom is -0.396 e. The van der Waals surface area contributed by atoms with Crippen molar-refractivity contribution in [2.75, 3.05) is 13.2 Å². The first-order valence-corrected chi connectivity index (χ1v) is 7.84. The molecule has 1 aromatic carbocycles. The van der Waals surface area contributed by atoms with E-state index in [1.807, 2.05) is 18.2 Å². The highest BCUT2D eigenvalue weighted by molar-refractivity contribution is 6.32. The standard InChI is InChI=1S/C17H22ClNO2/c18-15-7-3-2-6-14(15)8-9-16(21)19-12-17(13-20)10-4-1-5-11-17/h2-3,6-9,20H,1,4-5,10-13H2,(H,19,21)/b9-8+. The molecule has 0 heterocycles. The minimum atomic E-state index is -0.145. The summed E-state index contributed by atoms with van der Waals surface area (Å²) in [5, 5.41) is 13.1. The van der Waals surface area contributed by atoms with E-state index < -0.39 is 0 Å². The fourth-order valence-corrected chi connectivity index (χ4v) is 3.00. The zero-order chi connectivity index (χ0) is 15.1. The van der Waals surface area contributed by atoms with Crippen LogP contribution in [0.4, 0.5) is 0 Å². The Balaban J connectivity index is 1.88. The molecule has 0 spiro atoms. The summed E-state index contributed by atoms with van der Waals surface area (Å²) in [6, 6.07) is 7.39. The SMILES string of the molecule is O=C(/C=C/c1ccccc1Cl)NCC1(CO)CCCCC1. The molecule has 2 rings (SSSR count). The minimum absolute atomic E-state index is 0.133. The molecule has 1 saturated carbocycles. The van der Waals surface area contributed by atoms with Gasteiger partial charge in [0.15, 0.2) is 0 Å². The first-order chi connectivity index (χ1) is 10.2. The number of hydrogen-bond acceptors (Lipinski definition) is 2. The van der Waals surface area contributed by atoms with Crippen LogP contribution >= 0.6 is 11.6 Å². The van der Waals surface area contributed by atoms with Crippen LogP contribution in [0.15, 0.2) is 30.3 Å². The van der Waals surface area contributed by atoms with Gasteiger partial charge in [-0.05, 0) is 30.5 Å². The molecular formula is C17H22ClNO2. The summed E-state index contributed by atoms with van der Waals surface area (Å²) >= 11 is 6.04. The van der Waals surface area contributed by atoms with Crippen LogP contribution in [0.3, 0.4) is 0 Å². The molecule has 1 fully saturated rings. The number of carbonyl (C=O) groups is 1. The van der Waals surface area contributed by atoms with Crippen LogP contribution in [0, 0.1) is 5.41 Å². The molecule has 1 aliphatic rings. The Hall–Kier alpha value is -1.32. The largest absolute Gasteiger partial charge is 0.396 e. The van der Waals surface area contributed by atoms with Gasteiger partial charge >= 0.3 is 0 Å². The fourth-order valence-electron chi connectivity index (χ4n) is 2.80. The average Bonchev–Trinajstić information content (AvgIpc) is 2.53. The second-order valence-electron chi connectivity index (χ2n) is 5.79.